The fraction of sp³-hybridized carbons (Fsp3) is 0.154. The van der Waals surface area contributed by atoms with Crippen LogP contribution in [-0.2, 0) is 0 Å². The van der Waals surface area contributed by atoms with E-state index in [2.05, 4.69) is 23.7 Å². The summed E-state index contributed by atoms with van der Waals surface area (Å²) < 4.78 is 0. The van der Waals surface area contributed by atoms with Gasteiger partial charge in [0.1, 0.15) is 0 Å². The lowest BCUT2D eigenvalue weighted by Gasteiger charge is -2.00. The van der Waals surface area contributed by atoms with Gasteiger partial charge < -0.3 is 4.98 Å². The van der Waals surface area contributed by atoms with Crippen molar-refractivity contribution in [1.82, 2.24) is 4.98 Å². The number of H-pyrrole nitrogens is 1. The Bertz CT molecular complexity index is 571. The highest BCUT2D eigenvalue weighted by Crippen LogP contribution is 2.14. The number of hydrogen-bond donors (Lipinski definition) is 2. The van der Waals surface area contributed by atoms with Crippen LogP contribution in [-0.4, -0.2) is 10.7 Å². The number of nitrogens with one attached hydrogen (secondary N) is 1. The first-order valence-corrected chi connectivity index (χ1v) is 5.84. The molecule has 0 atom stereocenters. The van der Waals surface area contributed by atoms with Crippen LogP contribution in [0.3, 0.4) is 0 Å². The minimum atomic E-state index is 0.0539. The molecule has 16 heavy (non-hydrogen) atoms. The van der Waals surface area contributed by atoms with Gasteiger partial charge in [-0.2, -0.15) is 12.6 Å². The summed E-state index contributed by atoms with van der Waals surface area (Å²) in [6.45, 7) is 0. The maximum absolute atomic E-state index is 11.6. The van der Waals surface area contributed by atoms with E-state index in [1.54, 1.807) is 12.3 Å². The molecule has 0 bridgehead atoms. The van der Waals surface area contributed by atoms with E-state index in [-0.39, 0.29) is 5.43 Å². The highest BCUT2D eigenvalue weighted by Gasteiger charge is 2.00. The molecule has 1 N–H and O–H groups in total. The van der Waals surface area contributed by atoms with E-state index in [4.69, 9.17) is 0 Å². The zero-order chi connectivity index (χ0) is 11.4. The Balaban J connectivity index is 2.54. The molecule has 1 aromatic heterocycles. The van der Waals surface area contributed by atoms with E-state index in [0.29, 0.717) is 0 Å². The molecular weight excluding hydrogens is 218 g/mol. The second-order valence-electron chi connectivity index (χ2n) is 3.53. The van der Waals surface area contributed by atoms with E-state index in [9.17, 15) is 4.79 Å². The largest absolute Gasteiger partial charge is 0.360 e. The van der Waals surface area contributed by atoms with Crippen molar-refractivity contribution >= 4 is 29.6 Å². The molecule has 0 spiro atoms. The molecule has 1 heterocycles. The van der Waals surface area contributed by atoms with Gasteiger partial charge in [-0.1, -0.05) is 24.3 Å². The predicted molar refractivity (Wildman–Crippen MR) is 72.1 cm³/mol. The van der Waals surface area contributed by atoms with E-state index >= 15 is 0 Å². The number of aromatic amines is 1. The molecule has 2 aromatic rings. The van der Waals surface area contributed by atoms with Crippen LogP contribution in [0.25, 0.3) is 17.0 Å². The summed E-state index contributed by atoms with van der Waals surface area (Å²) in [7, 11) is 0. The number of thiol groups is 1. The lowest BCUT2D eigenvalue weighted by molar-refractivity contribution is 1.26. The molecule has 0 saturated heterocycles. The molecule has 82 valence electrons. The molecule has 2 nitrogen and oxygen atoms in total. The van der Waals surface area contributed by atoms with Crippen molar-refractivity contribution in [2.24, 2.45) is 0 Å². The summed E-state index contributed by atoms with van der Waals surface area (Å²) in [6, 6.07) is 7.28. The first-order valence-electron chi connectivity index (χ1n) is 5.21. The third-order valence-corrected chi connectivity index (χ3v) is 2.68. The van der Waals surface area contributed by atoms with Gasteiger partial charge in [-0.15, -0.1) is 0 Å². The number of para-hydroxylation sites is 1. The van der Waals surface area contributed by atoms with Crippen LogP contribution in [0.2, 0.25) is 0 Å². The van der Waals surface area contributed by atoms with Crippen molar-refractivity contribution < 1.29 is 0 Å². The smallest absolute Gasteiger partial charge is 0.189 e. The molecule has 0 radical (unpaired) electrons. The van der Waals surface area contributed by atoms with Crippen molar-refractivity contribution in [1.29, 1.82) is 0 Å². The number of benzene rings is 1. The first-order chi connectivity index (χ1) is 7.83. The lowest BCUT2D eigenvalue weighted by Crippen LogP contribution is -2.00. The average Bonchev–Trinajstić information content (AvgIpc) is 2.31. The summed E-state index contributed by atoms with van der Waals surface area (Å²) in [5.74, 6) is 0.831. The molecule has 0 unspecified atom stereocenters. The predicted octanol–water partition coefficient (Wildman–Crippen LogP) is 2.86. The third-order valence-electron chi connectivity index (χ3n) is 2.42. The normalized spacial score (nSPS) is 11.3. The second-order valence-corrected chi connectivity index (χ2v) is 3.97. The number of hydrogen-bond acceptors (Lipinski definition) is 2. The summed E-state index contributed by atoms with van der Waals surface area (Å²) in [4.78, 5) is 14.7. The number of aromatic nitrogens is 1. The Morgan fingerprint density at radius 1 is 1.31 bits per heavy atom. The average molecular weight is 231 g/mol. The minimum Gasteiger partial charge on any atom is -0.360 e. The molecule has 0 saturated carbocycles. The van der Waals surface area contributed by atoms with Crippen molar-refractivity contribution in [3.05, 3.63) is 52.3 Å². The Kier molecular flexibility index (Phi) is 3.47. The maximum atomic E-state index is 11.6. The van der Waals surface area contributed by atoms with Crippen LogP contribution >= 0.6 is 12.6 Å². The first kappa shape index (κ1) is 11.0. The molecule has 1 aromatic carbocycles. The van der Waals surface area contributed by atoms with E-state index < -0.39 is 0 Å². The number of allylic oxidation sites excluding steroid dienone is 1. The van der Waals surface area contributed by atoms with Gasteiger partial charge in [0.25, 0.3) is 0 Å². The van der Waals surface area contributed by atoms with E-state index in [1.165, 1.54) is 0 Å². The van der Waals surface area contributed by atoms with Gasteiger partial charge in [0.15, 0.2) is 5.43 Å². The fourth-order valence-electron chi connectivity index (χ4n) is 1.65. The van der Waals surface area contributed by atoms with Crippen LogP contribution in [0.1, 0.15) is 12.0 Å². The van der Waals surface area contributed by atoms with Crippen LogP contribution in [0.5, 0.6) is 0 Å². The number of pyridine rings is 1. The van der Waals surface area contributed by atoms with Crippen molar-refractivity contribution in [2.75, 3.05) is 5.75 Å². The van der Waals surface area contributed by atoms with Crippen LogP contribution < -0.4 is 5.43 Å². The minimum absolute atomic E-state index is 0.0539. The van der Waals surface area contributed by atoms with Crippen molar-refractivity contribution in [3.63, 3.8) is 0 Å². The molecule has 0 amide bonds. The Morgan fingerprint density at radius 3 is 3.00 bits per heavy atom. The summed E-state index contributed by atoms with van der Waals surface area (Å²) in [5, 5.41) is 0.732. The standard InChI is InChI=1S/C13H13NOS/c15-12-7-8-14-13-10(4-1-2-9-16)5-3-6-11(12)13/h1,3-8,16H,2,9H2,(H,14,15). The van der Waals surface area contributed by atoms with Crippen LogP contribution in [0.15, 0.2) is 41.3 Å². The molecule has 0 aliphatic rings. The molecule has 0 aliphatic carbocycles. The summed E-state index contributed by atoms with van der Waals surface area (Å²) in [6.07, 6.45) is 6.69. The topological polar surface area (TPSA) is 32.9 Å². The number of fused-ring (bicyclic) bond motifs is 1. The molecule has 0 aliphatic heterocycles. The molecular formula is C13H13NOS. The van der Waals surface area contributed by atoms with Gasteiger partial charge in [0, 0.05) is 17.6 Å². The Morgan fingerprint density at radius 2 is 2.19 bits per heavy atom. The van der Waals surface area contributed by atoms with Gasteiger partial charge in [0.2, 0.25) is 0 Å². The molecule has 0 fully saturated rings. The molecule has 3 heteroatoms. The molecule has 2 rings (SSSR count). The van der Waals surface area contributed by atoms with Gasteiger partial charge in [-0.3, -0.25) is 4.79 Å². The van der Waals surface area contributed by atoms with Gasteiger partial charge >= 0.3 is 0 Å². The Labute approximate surface area is 99.4 Å². The highest BCUT2D eigenvalue weighted by molar-refractivity contribution is 7.80. The zero-order valence-corrected chi connectivity index (χ0v) is 9.71. The Hall–Kier alpha value is -1.48. The highest BCUT2D eigenvalue weighted by atomic mass is 32.1. The van der Waals surface area contributed by atoms with Crippen LogP contribution in [0.4, 0.5) is 0 Å². The van der Waals surface area contributed by atoms with E-state index in [0.717, 1.165) is 28.6 Å². The quantitative estimate of drug-likeness (QED) is 0.782. The maximum Gasteiger partial charge on any atom is 0.189 e. The van der Waals surface area contributed by atoms with Gasteiger partial charge in [0.05, 0.1) is 5.52 Å². The fourth-order valence-corrected chi connectivity index (χ4v) is 1.80. The summed E-state index contributed by atoms with van der Waals surface area (Å²) in [5.41, 5.74) is 1.99. The van der Waals surface area contributed by atoms with Crippen molar-refractivity contribution in [3.8, 4) is 0 Å². The zero-order valence-electron chi connectivity index (χ0n) is 8.81. The van der Waals surface area contributed by atoms with Crippen LogP contribution in [0, 0.1) is 0 Å². The van der Waals surface area contributed by atoms with Crippen molar-refractivity contribution in [2.45, 2.75) is 6.42 Å². The second kappa shape index (κ2) is 5.03. The third kappa shape index (κ3) is 2.19. The lowest BCUT2D eigenvalue weighted by atomic mass is 10.1. The van der Waals surface area contributed by atoms with E-state index in [1.807, 2.05) is 24.3 Å². The monoisotopic (exact) mass is 231 g/mol. The van der Waals surface area contributed by atoms with Gasteiger partial charge in [-0.05, 0) is 23.8 Å². The SMILES string of the molecule is O=c1cc[nH]c2c(C=CCCS)cccc12. The number of rotatable bonds is 3. The summed E-state index contributed by atoms with van der Waals surface area (Å²) >= 11 is 4.15. The van der Waals surface area contributed by atoms with Gasteiger partial charge in [-0.25, -0.2) is 0 Å².